The quantitative estimate of drug-likeness (QED) is 0.822. The molecule has 2 N–H and O–H groups in total. The molecule has 1 aromatic carbocycles. The molecule has 100 valence electrons. The molecule has 2 heteroatoms. The second kappa shape index (κ2) is 6.63. The van der Waals surface area contributed by atoms with Crippen LogP contribution >= 0.6 is 11.8 Å². The second-order valence-electron chi connectivity index (χ2n) is 5.80. The Labute approximate surface area is 116 Å². The molecule has 1 fully saturated rings. The molecule has 0 amide bonds. The van der Waals surface area contributed by atoms with Gasteiger partial charge in [-0.25, -0.2) is 0 Å². The lowest BCUT2D eigenvalue weighted by molar-refractivity contribution is 0.325. The van der Waals surface area contributed by atoms with Crippen molar-refractivity contribution < 1.29 is 0 Å². The Morgan fingerprint density at radius 2 is 1.72 bits per heavy atom. The van der Waals surface area contributed by atoms with E-state index < -0.39 is 0 Å². The Kier molecular flexibility index (Phi) is 5.13. The molecular weight excluding hydrogens is 238 g/mol. The Bertz CT molecular complexity index is 350. The van der Waals surface area contributed by atoms with E-state index in [1.165, 1.54) is 42.6 Å². The monoisotopic (exact) mass is 263 g/mol. The summed E-state index contributed by atoms with van der Waals surface area (Å²) in [6, 6.07) is 9.62. The third-order valence-electron chi connectivity index (χ3n) is 3.71. The van der Waals surface area contributed by atoms with E-state index in [0.717, 1.165) is 5.92 Å². The standard InChI is InChI=1S/C16H25NS/c1-12(2)18-16-9-5-14(6-10-16)11-13-3-7-15(17)8-4-13/h5-6,9-10,12-13,15H,3-4,7-8,11,17H2,1-2H3. The van der Waals surface area contributed by atoms with Gasteiger partial charge in [-0.3, -0.25) is 0 Å². The minimum atomic E-state index is 0.464. The Morgan fingerprint density at radius 3 is 2.28 bits per heavy atom. The van der Waals surface area contributed by atoms with Crippen molar-refractivity contribution in [3.05, 3.63) is 29.8 Å². The number of nitrogens with two attached hydrogens (primary N) is 1. The zero-order valence-corrected chi connectivity index (χ0v) is 12.4. The number of hydrogen-bond acceptors (Lipinski definition) is 2. The molecule has 2 rings (SSSR count). The van der Waals surface area contributed by atoms with E-state index in [1.807, 2.05) is 11.8 Å². The summed E-state index contributed by atoms with van der Waals surface area (Å²) in [7, 11) is 0. The molecule has 1 aromatic rings. The molecule has 0 saturated heterocycles. The average Bonchev–Trinajstić information content (AvgIpc) is 2.34. The second-order valence-corrected chi connectivity index (χ2v) is 7.45. The summed E-state index contributed by atoms with van der Waals surface area (Å²) in [6.07, 6.45) is 6.28. The third kappa shape index (κ3) is 4.33. The van der Waals surface area contributed by atoms with Crippen molar-refractivity contribution in [3.63, 3.8) is 0 Å². The Balaban J connectivity index is 1.86. The average molecular weight is 263 g/mol. The third-order valence-corrected chi connectivity index (χ3v) is 4.73. The predicted molar refractivity (Wildman–Crippen MR) is 81.1 cm³/mol. The molecule has 1 nitrogen and oxygen atoms in total. The van der Waals surface area contributed by atoms with Gasteiger partial charge in [0.15, 0.2) is 0 Å². The highest BCUT2D eigenvalue weighted by Crippen LogP contribution is 2.28. The lowest BCUT2D eigenvalue weighted by Crippen LogP contribution is -2.27. The fraction of sp³-hybridized carbons (Fsp3) is 0.625. The smallest absolute Gasteiger partial charge is 0.00747 e. The van der Waals surface area contributed by atoms with Crippen molar-refractivity contribution >= 4 is 11.8 Å². The van der Waals surface area contributed by atoms with Gasteiger partial charge in [-0.15, -0.1) is 11.8 Å². The summed E-state index contributed by atoms with van der Waals surface area (Å²) in [5, 5.41) is 0.663. The van der Waals surface area contributed by atoms with E-state index >= 15 is 0 Å². The van der Waals surface area contributed by atoms with E-state index in [1.54, 1.807) is 0 Å². The molecular formula is C16H25NS. The maximum atomic E-state index is 5.95. The van der Waals surface area contributed by atoms with Gasteiger partial charge in [0.1, 0.15) is 0 Å². The largest absolute Gasteiger partial charge is 0.328 e. The Hall–Kier alpha value is -0.470. The number of hydrogen-bond donors (Lipinski definition) is 1. The first-order chi connectivity index (χ1) is 8.63. The zero-order valence-electron chi connectivity index (χ0n) is 11.6. The Morgan fingerprint density at radius 1 is 1.11 bits per heavy atom. The van der Waals surface area contributed by atoms with Crippen LogP contribution in [0.4, 0.5) is 0 Å². The molecule has 0 aromatic heterocycles. The van der Waals surface area contributed by atoms with Crippen LogP contribution in [0.3, 0.4) is 0 Å². The van der Waals surface area contributed by atoms with E-state index in [4.69, 9.17) is 5.73 Å². The van der Waals surface area contributed by atoms with Gasteiger partial charge in [0, 0.05) is 16.2 Å². The van der Waals surface area contributed by atoms with Gasteiger partial charge in [-0.1, -0.05) is 26.0 Å². The molecule has 0 bridgehead atoms. The fourth-order valence-corrected chi connectivity index (χ4v) is 3.54. The molecule has 0 unspecified atom stereocenters. The van der Waals surface area contributed by atoms with Crippen molar-refractivity contribution in [1.29, 1.82) is 0 Å². The van der Waals surface area contributed by atoms with Gasteiger partial charge in [-0.2, -0.15) is 0 Å². The minimum Gasteiger partial charge on any atom is -0.328 e. The number of rotatable bonds is 4. The SMILES string of the molecule is CC(C)Sc1ccc(CC2CCC(N)CC2)cc1. The first-order valence-corrected chi connectivity index (χ1v) is 8.02. The van der Waals surface area contributed by atoms with Gasteiger partial charge in [0.25, 0.3) is 0 Å². The molecule has 0 spiro atoms. The van der Waals surface area contributed by atoms with E-state index in [2.05, 4.69) is 38.1 Å². The van der Waals surface area contributed by atoms with Crippen LogP contribution in [0.25, 0.3) is 0 Å². The van der Waals surface area contributed by atoms with E-state index in [9.17, 15) is 0 Å². The summed E-state index contributed by atoms with van der Waals surface area (Å²) < 4.78 is 0. The molecule has 1 aliphatic rings. The van der Waals surface area contributed by atoms with Crippen molar-refractivity contribution in [3.8, 4) is 0 Å². The molecule has 18 heavy (non-hydrogen) atoms. The van der Waals surface area contributed by atoms with Crippen LogP contribution in [0, 0.1) is 5.92 Å². The van der Waals surface area contributed by atoms with Crippen molar-refractivity contribution in [2.75, 3.05) is 0 Å². The topological polar surface area (TPSA) is 26.0 Å². The van der Waals surface area contributed by atoms with Crippen LogP contribution < -0.4 is 5.73 Å². The summed E-state index contributed by atoms with van der Waals surface area (Å²) in [5.74, 6) is 0.855. The maximum Gasteiger partial charge on any atom is 0.00747 e. The summed E-state index contributed by atoms with van der Waals surface area (Å²) in [5.41, 5.74) is 7.44. The van der Waals surface area contributed by atoms with E-state index in [0.29, 0.717) is 11.3 Å². The summed E-state index contributed by atoms with van der Waals surface area (Å²) in [6.45, 7) is 4.48. The summed E-state index contributed by atoms with van der Waals surface area (Å²) in [4.78, 5) is 1.39. The van der Waals surface area contributed by atoms with Gasteiger partial charge >= 0.3 is 0 Å². The van der Waals surface area contributed by atoms with Crippen LogP contribution in [-0.4, -0.2) is 11.3 Å². The first-order valence-electron chi connectivity index (χ1n) is 7.14. The lowest BCUT2D eigenvalue weighted by Gasteiger charge is -2.26. The van der Waals surface area contributed by atoms with Gasteiger partial charge in [-0.05, 0) is 55.7 Å². The van der Waals surface area contributed by atoms with Crippen LogP contribution in [0.15, 0.2) is 29.2 Å². The normalized spacial score (nSPS) is 24.4. The molecule has 0 heterocycles. The molecule has 0 atom stereocenters. The maximum absolute atomic E-state index is 5.95. The van der Waals surface area contributed by atoms with Gasteiger partial charge in [0.05, 0.1) is 0 Å². The van der Waals surface area contributed by atoms with E-state index in [-0.39, 0.29) is 0 Å². The highest BCUT2D eigenvalue weighted by molar-refractivity contribution is 7.99. The van der Waals surface area contributed by atoms with Crippen molar-refractivity contribution in [2.45, 2.75) is 62.1 Å². The molecule has 1 saturated carbocycles. The van der Waals surface area contributed by atoms with Crippen LogP contribution in [0.1, 0.15) is 45.1 Å². The highest BCUT2D eigenvalue weighted by atomic mass is 32.2. The molecule has 1 aliphatic carbocycles. The molecule has 0 radical (unpaired) electrons. The number of benzene rings is 1. The van der Waals surface area contributed by atoms with Crippen molar-refractivity contribution in [1.82, 2.24) is 0 Å². The van der Waals surface area contributed by atoms with Crippen LogP contribution in [-0.2, 0) is 6.42 Å². The minimum absolute atomic E-state index is 0.464. The van der Waals surface area contributed by atoms with Crippen molar-refractivity contribution in [2.24, 2.45) is 11.7 Å². The summed E-state index contributed by atoms with van der Waals surface area (Å²) >= 11 is 1.94. The lowest BCUT2D eigenvalue weighted by atomic mass is 9.83. The fourth-order valence-electron chi connectivity index (χ4n) is 2.70. The predicted octanol–water partition coefficient (Wildman–Crippen LogP) is 4.25. The number of thioether (sulfide) groups is 1. The van der Waals surface area contributed by atoms with Crippen LogP contribution in [0.2, 0.25) is 0 Å². The molecule has 0 aliphatic heterocycles. The van der Waals surface area contributed by atoms with Crippen LogP contribution in [0.5, 0.6) is 0 Å². The van der Waals surface area contributed by atoms with Gasteiger partial charge in [0.2, 0.25) is 0 Å². The highest BCUT2D eigenvalue weighted by Gasteiger charge is 2.18. The zero-order chi connectivity index (χ0) is 13.0. The van der Waals surface area contributed by atoms with Gasteiger partial charge < -0.3 is 5.73 Å². The first kappa shape index (κ1) is 14.0.